The first-order valence-corrected chi connectivity index (χ1v) is 47.6. The van der Waals surface area contributed by atoms with Crippen molar-refractivity contribution in [1.29, 1.82) is 0 Å². The third-order valence-corrected chi connectivity index (χ3v) is 32.2. The molecular formula is C110H130S4+4. The van der Waals surface area contributed by atoms with Crippen LogP contribution in [0.1, 0.15) is 262 Å². The summed E-state index contributed by atoms with van der Waals surface area (Å²) >= 11 is 0. The van der Waals surface area contributed by atoms with E-state index in [0.29, 0.717) is 0 Å². The van der Waals surface area contributed by atoms with Gasteiger partial charge in [-0.2, -0.15) is 0 Å². The maximum Gasteiger partial charge on any atom is 0.166 e. The predicted octanol–water partition coefficient (Wildman–Crippen LogP) is 31.8. The maximum absolute atomic E-state index is 2.42. The van der Waals surface area contributed by atoms with Gasteiger partial charge >= 0.3 is 0 Å². The minimum atomic E-state index is -0.120. The molecule has 0 atom stereocenters. The zero-order valence-electron chi connectivity index (χ0n) is 71.5. The molecular weight excluding hydrogens is 1450 g/mol. The average molecular weight is 1580 g/mol. The molecule has 15 rings (SSSR count). The Morgan fingerprint density at radius 1 is 0.158 bits per heavy atom. The summed E-state index contributed by atoms with van der Waals surface area (Å²) in [7, 11) is -0.273. The number of hydrogen-bond donors (Lipinski definition) is 0. The normalized spacial score (nSPS) is 14.8. The van der Waals surface area contributed by atoms with E-state index < -0.39 is 0 Å². The van der Waals surface area contributed by atoms with Crippen LogP contribution in [0.5, 0.6) is 0 Å². The molecule has 590 valence electrons. The van der Waals surface area contributed by atoms with Gasteiger partial charge in [0.05, 0.1) is 43.6 Å². The van der Waals surface area contributed by atoms with E-state index in [2.05, 4.69) is 419 Å². The van der Waals surface area contributed by atoms with Gasteiger partial charge in [0.15, 0.2) is 58.7 Å². The van der Waals surface area contributed by atoms with Crippen LogP contribution in [0.3, 0.4) is 0 Å². The van der Waals surface area contributed by atoms with Crippen molar-refractivity contribution in [3.63, 3.8) is 0 Å². The van der Waals surface area contributed by atoms with E-state index in [-0.39, 0.29) is 70.7 Å². The molecule has 0 saturated heterocycles. The first-order valence-electron chi connectivity index (χ1n) is 42.7. The largest absolute Gasteiger partial charge is 0.166 e. The summed E-state index contributed by atoms with van der Waals surface area (Å²) in [5.41, 5.74) is 12.4. The minimum absolute atomic E-state index is 0.0278. The maximum atomic E-state index is 2.42. The third kappa shape index (κ3) is 23.2. The van der Waals surface area contributed by atoms with Crippen LogP contribution in [0.4, 0.5) is 0 Å². The molecule has 12 aromatic rings. The van der Waals surface area contributed by atoms with Crippen LogP contribution in [0, 0.1) is 0 Å². The lowest BCUT2D eigenvalue weighted by Gasteiger charge is -2.22. The van der Waals surface area contributed by atoms with Crippen LogP contribution in [-0.4, -0.2) is 0 Å². The zero-order chi connectivity index (χ0) is 80.5. The van der Waals surface area contributed by atoms with E-state index in [1.54, 1.807) is 11.1 Å². The molecule has 0 bridgehead atoms. The molecule has 3 fully saturated rings. The summed E-state index contributed by atoms with van der Waals surface area (Å²) in [5, 5.41) is 0. The molecule has 3 saturated carbocycles. The summed E-state index contributed by atoms with van der Waals surface area (Å²) in [5.74, 6) is 2.32. The van der Waals surface area contributed by atoms with Crippen molar-refractivity contribution in [2.75, 3.05) is 0 Å². The average Bonchev–Trinajstić information content (AvgIpc) is 0.799. The monoisotopic (exact) mass is 1580 g/mol. The Labute approximate surface area is 701 Å². The minimum Gasteiger partial charge on any atom is -0.0619 e. The predicted molar refractivity (Wildman–Crippen MR) is 497 cm³/mol. The molecule has 0 radical (unpaired) electrons. The summed E-state index contributed by atoms with van der Waals surface area (Å²) in [6.45, 7) is 34.1. The van der Waals surface area contributed by atoms with Gasteiger partial charge in [0.1, 0.15) is 0 Å². The highest BCUT2D eigenvalue weighted by Gasteiger charge is 2.35. The van der Waals surface area contributed by atoms with Crippen molar-refractivity contribution in [3.05, 3.63) is 360 Å². The fraction of sp³-hybridized carbons (Fsp3) is 0.345. The Kier molecular flexibility index (Phi) is 29.5. The van der Waals surface area contributed by atoms with Crippen molar-refractivity contribution in [2.45, 2.75) is 304 Å². The third-order valence-electron chi connectivity index (χ3n) is 23.3. The zero-order valence-corrected chi connectivity index (χ0v) is 74.8. The molecule has 0 amide bonds. The smallest absolute Gasteiger partial charge is 0.0619 e. The van der Waals surface area contributed by atoms with E-state index in [0.717, 1.165) is 17.8 Å². The van der Waals surface area contributed by atoms with Gasteiger partial charge in [-0.25, -0.2) is 0 Å². The Balaban J connectivity index is 0.000000141. The Bertz CT molecular complexity index is 4510. The molecule has 0 nitrogen and oxygen atoms in total. The molecule has 4 heteroatoms. The second-order valence-corrected chi connectivity index (χ2v) is 45.2. The Hall–Kier alpha value is -7.96. The molecule has 0 heterocycles. The van der Waals surface area contributed by atoms with Crippen LogP contribution in [-0.2, 0) is 70.7 Å². The molecule has 3 aliphatic rings. The highest BCUT2D eigenvalue weighted by Crippen LogP contribution is 2.43. The van der Waals surface area contributed by atoms with Crippen LogP contribution in [0.25, 0.3) is 0 Å². The van der Waals surface area contributed by atoms with Crippen molar-refractivity contribution < 1.29 is 0 Å². The highest BCUT2D eigenvalue weighted by atomic mass is 32.2. The summed E-state index contributed by atoms with van der Waals surface area (Å²) in [4.78, 5) is 16.7. The fourth-order valence-corrected chi connectivity index (χ4v) is 24.5. The second kappa shape index (κ2) is 39.3. The van der Waals surface area contributed by atoms with Crippen molar-refractivity contribution in [1.82, 2.24) is 0 Å². The van der Waals surface area contributed by atoms with E-state index in [9.17, 15) is 0 Å². The molecule has 114 heavy (non-hydrogen) atoms. The van der Waals surface area contributed by atoms with E-state index in [1.165, 1.54) is 188 Å². The van der Waals surface area contributed by atoms with E-state index in [4.69, 9.17) is 0 Å². The molecule has 0 spiro atoms. The van der Waals surface area contributed by atoms with Gasteiger partial charge in [0.2, 0.25) is 0 Å². The quantitative estimate of drug-likeness (QED) is 0.0898. The molecule has 0 N–H and O–H groups in total. The highest BCUT2D eigenvalue weighted by molar-refractivity contribution is 7.98. The van der Waals surface area contributed by atoms with Gasteiger partial charge in [-0.05, 0) is 273 Å². The van der Waals surface area contributed by atoms with Crippen molar-refractivity contribution in [3.8, 4) is 0 Å². The number of benzene rings is 12. The molecule has 3 aliphatic carbocycles. The lowest BCUT2D eigenvalue weighted by Crippen LogP contribution is -2.13. The summed E-state index contributed by atoms with van der Waals surface area (Å²) < 4.78 is 0. The Morgan fingerprint density at radius 2 is 0.289 bits per heavy atom. The lowest BCUT2D eigenvalue weighted by atomic mass is 9.84. The van der Waals surface area contributed by atoms with Gasteiger partial charge < -0.3 is 0 Å². The Morgan fingerprint density at radius 3 is 0.430 bits per heavy atom. The van der Waals surface area contributed by atoms with Gasteiger partial charge in [-0.15, -0.1) is 0 Å². The van der Waals surface area contributed by atoms with Gasteiger partial charge in [0.25, 0.3) is 0 Å². The van der Waals surface area contributed by atoms with Crippen LogP contribution >= 0.6 is 0 Å². The molecule has 12 aromatic carbocycles. The van der Waals surface area contributed by atoms with E-state index in [1.807, 2.05) is 0 Å². The molecule has 0 unspecified atom stereocenters. The summed E-state index contributed by atoms with van der Waals surface area (Å²) in [6, 6.07) is 119. The van der Waals surface area contributed by atoms with Gasteiger partial charge in [-0.1, -0.05) is 332 Å². The summed E-state index contributed by atoms with van der Waals surface area (Å²) in [6.07, 6.45) is 20.8. The van der Waals surface area contributed by atoms with Gasteiger partial charge in [-0.3, -0.25) is 0 Å². The van der Waals surface area contributed by atoms with E-state index >= 15 is 0 Å². The van der Waals surface area contributed by atoms with Crippen molar-refractivity contribution >= 4 is 43.6 Å². The topological polar surface area (TPSA) is 0 Å². The standard InChI is InChI=1S/C30H35S.C30H39S.C26H31S.C24H25S/c1-4-10-24(11-5-1)26-16-20-29(21-17-26)31(28-14-8-3-9-15-28)30-22-18-27(19-23-30)25-12-6-2-7-13-25;1-28(2,3)22-10-16-25(17-11-22)31(26-18-12-23(13-19-26)29(4,5)6)27-20-14-24(15-21-27)30(7,8)9;1-25(2,3)20-12-16-23(17-13-20)27(22-10-8-7-9-11-22)24-18-14-21(15-19-24)26(4,5)6;1-4-10-20(11-5-1)21-16-18-24(19-17-21)25(22-12-6-2-7-13-22)23-14-8-3-9-15-23/h3,8-9,14-25H,1-2,4-7,10-13H2;10-21H,1-9H3;7-19H,1-6H3;2-3,6-9,12-20H,1,4-5,10-11H2/q4*+1. The fourth-order valence-electron chi connectivity index (χ4n) is 16.3. The van der Waals surface area contributed by atoms with Crippen LogP contribution in [0.15, 0.2) is 374 Å². The second-order valence-electron chi connectivity index (χ2n) is 37.1. The molecule has 0 aliphatic heterocycles. The first-order chi connectivity index (χ1) is 54.7. The SMILES string of the molecule is CC(C)(C)c1ccc([S+](c2ccc(C(C)(C)C)cc2)c2ccc(C(C)(C)C)cc2)cc1.CC(C)(C)c1ccc([S+](c2ccccc2)c2ccc(C(C)(C)C)cc2)cc1.c1ccc([S+](c2ccc(C3CCCCC3)cc2)c2ccc(C3CCCCC3)cc2)cc1.c1ccc([S+](c2ccccc2)c2ccc(C3CCCCC3)cc2)cc1. The number of hydrogen-bond acceptors (Lipinski definition) is 0. The van der Waals surface area contributed by atoms with Crippen molar-refractivity contribution in [2.24, 2.45) is 0 Å². The molecule has 0 aromatic heterocycles. The lowest BCUT2D eigenvalue weighted by molar-refractivity contribution is 0.443. The first kappa shape index (κ1) is 85.4. The number of rotatable bonds is 15. The van der Waals surface area contributed by atoms with Crippen LogP contribution in [0.2, 0.25) is 0 Å². The van der Waals surface area contributed by atoms with Gasteiger partial charge in [0, 0.05) is 0 Å². The van der Waals surface area contributed by atoms with Crippen LogP contribution < -0.4 is 0 Å².